The molecule has 2 heterocycles. The topological polar surface area (TPSA) is 54.3 Å². The highest BCUT2D eigenvalue weighted by Crippen LogP contribution is 2.25. The summed E-state index contributed by atoms with van der Waals surface area (Å²) in [5.41, 5.74) is 0.649. The van der Waals surface area contributed by atoms with Gasteiger partial charge in [-0.05, 0) is 54.6 Å². The zero-order valence-corrected chi connectivity index (χ0v) is 13.7. The van der Waals surface area contributed by atoms with Crippen molar-refractivity contribution in [3.63, 3.8) is 0 Å². The van der Waals surface area contributed by atoms with Gasteiger partial charge in [0.2, 0.25) is 5.91 Å². The third-order valence-electron chi connectivity index (χ3n) is 4.16. The average Bonchev–Trinajstić information content (AvgIpc) is 3.02. The molecule has 114 valence electrons. The quantitative estimate of drug-likeness (QED) is 0.901. The average molecular weight is 354 g/mol. The zero-order chi connectivity index (χ0) is 15.0. The molecule has 2 fully saturated rings. The number of carbonyl (C=O) groups is 2. The fourth-order valence-corrected chi connectivity index (χ4v) is 3.33. The highest BCUT2D eigenvalue weighted by Gasteiger charge is 2.37. The monoisotopic (exact) mass is 353 g/mol. The molecule has 1 aromatic heterocycles. The Balaban J connectivity index is 1.77. The molecule has 1 aliphatic heterocycles. The molecule has 1 saturated heterocycles. The second kappa shape index (κ2) is 5.83. The smallest absolute Gasteiger partial charge is 0.271 e. The summed E-state index contributed by atoms with van der Waals surface area (Å²) >= 11 is 3.41. The van der Waals surface area contributed by atoms with E-state index in [1.54, 1.807) is 4.90 Å². The van der Waals surface area contributed by atoms with Crippen LogP contribution in [0.5, 0.6) is 0 Å². The van der Waals surface area contributed by atoms with E-state index in [-0.39, 0.29) is 17.9 Å². The molecule has 1 aromatic rings. The molecule has 1 N–H and O–H groups in total. The van der Waals surface area contributed by atoms with Gasteiger partial charge in [-0.3, -0.25) is 9.59 Å². The molecular weight excluding hydrogens is 334 g/mol. The lowest BCUT2D eigenvalue weighted by Gasteiger charge is -2.24. The number of aryl methyl sites for hydroxylation is 1. The first-order valence-corrected chi connectivity index (χ1v) is 8.36. The fraction of sp³-hybridized carbons (Fsp3) is 0.600. The van der Waals surface area contributed by atoms with Crippen LogP contribution >= 0.6 is 15.9 Å². The van der Waals surface area contributed by atoms with Crippen LogP contribution in [0, 0.1) is 0 Å². The van der Waals surface area contributed by atoms with Crippen LogP contribution in [-0.2, 0) is 11.3 Å². The minimum Gasteiger partial charge on any atom is -0.352 e. The Morgan fingerprint density at radius 1 is 1.38 bits per heavy atom. The minimum absolute atomic E-state index is 0.0111. The Bertz CT molecular complexity index is 565. The number of likely N-dealkylation sites (tertiary alicyclic amines) is 1. The first kappa shape index (κ1) is 14.6. The van der Waals surface area contributed by atoms with E-state index in [9.17, 15) is 9.59 Å². The fourth-order valence-electron chi connectivity index (χ4n) is 2.87. The number of nitrogens with zero attached hydrogens (tertiary/aromatic N) is 2. The molecule has 3 rings (SSSR count). The van der Waals surface area contributed by atoms with Gasteiger partial charge in [-0.15, -0.1) is 0 Å². The predicted octanol–water partition coefficient (Wildman–Crippen LogP) is 2.15. The lowest BCUT2D eigenvalue weighted by molar-refractivity contribution is -0.125. The molecule has 2 amide bonds. The molecule has 1 saturated carbocycles. The van der Waals surface area contributed by atoms with Crippen molar-refractivity contribution in [2.24, 2.45) is 0 Å². The predicted molar refractivity (Wildman–Crippen MR) is 83.0 cm³/mol. The Kier molecular flexibility index (Phi) is 4.06. The van der Waals surface area contributed by atoms with Crippen molar-refractivity contribution in [2.75, 3.05) is 6.54 Å². The van der Waals surface area contributed by atoms with Gasteiger partial charge >= 0.3 is 0 Å². The molecule has 1 atom stereocenters. The maximum atomic E-state index is 12.8. The number of nitrogens with one attached hydrogen (secondary N) is 1. The van der Waals surface area contributed by atoms with Crippen molar-refractivity contribution in [3.05, 3.63) is 22.4 Å². The first-order valence-electron chi connectivity index (χ1n) is 7.57. The third-order valence-corrected chi connectivity index (χ3v) is 4.60. The summed E-state index contributed by atoms with van der Waals surface area (Å²) in [6.07, 6.45) is 5.69. The Labute approximate surface area is 132 Å². The van der Waals surface area contributed by atoms with Crippen molar-refractivity contribution >= 4 is 27.7 Å². The maximum absolute atomic E-state index is 12.8. The second-order valence-corrected chi connectivity index (χ2v) is 6.68. The van der Waals surface area contributed by atoms with Gasteiger partial charge in [0.15, 0.2) is 0 Å². The molecule has 0 bridgehead atoms. The number of amides is 2. The van der Waals surface area contributed by atoms with E-state index < -0.39 is 0 Å². The Morgan fingerprint density at radius 2 is 2.14 bits per heavy atom. The summed E-state index contributed by atoms with van der Waals surface area (Å²) in [4.78, 5) is 26.8. The van der Waals surface area contributed by atoms with E-state index in [1.807, 2.05) is 23.8 Å². The summed E-state index contributed by atoms with van der Waals surface area (Å²) in [5, 5.41) is 3.02. The summed E-state index contributed by atoms with van der Waals surface area (Å²) in [6, 6.07) is 1.86. The molecule has 6 heteroatoms. The van der Waals surface area contributed by atoms with E-state index in [0.29, 0.717) is 18.3 Å². The number of rotatable bonds is 4. The number of carbonyl (C=O) groups excluding carboxylic acids is 2. The van der Waals surface area contributed by atoms with Crippen molar-refractivity contribution in [2.45, 2.75) is 51.2 Å². The van der Waals surface area contributed by atoms with E-state index in [2.05, 4.69) is 21.2 Å². The van der Waals surface area contributed by atoms with Crippen LogP contribution in [0.25, 0.3) is 0 Å². The van der Waals surface area contributed by atoms with E-state index >= 15 is 0 Å². The molecule has 0 aromatic carbocycles. The first-order chi connectivity index (χ1) is 10.1. The van der Waals surface area contributed by atoms with Gasteiger partial charge in [-0.2, -0.15) is 0 Å². The van der Waals surface area contributed by atoms with Crippen LogP contribution in [0.3, 0.4) is 0 Å². The van der Waals surface area contributed by atoms with Crippen molar-refractivity contribution in [1.29, 1.82) is 0 Å². The van der Waals surface area contributed by atoms with Crippen molar-refractivity contribution < 1.29 is 9.59 Å². The molecular formula is C15H20BrN3O2. The van der Waals surface area contributed by atoms with Crippen LogP contribution < -0.4 is 5.32 Å². The van der Waals surface area contributed by atoms with Crippen LogP contribution in [0.1, 0.15) is 43.1 Å². The van der Waals surface area contributed by atoms with Crippen LogP contribution in [0.4, 0.5) is 0 Å². The van der Waals surface area contributed by atoms with Gasteiger partial charge in [-0.1, -0.05) is 0 Å². The molecule has 1 unspecified atom stereocenters. The lowest BCUT2D eigenvalue weighted by Crippen LogP contribution is -2.46. The second-order valence-electron chi connectivity index (χ2n) is 5.77. The van der Waals surface area contributed by atoms with Crippen LogP contribution in [-0.4, -0.2) is 39.9 Å². The third kappa shape index (κ3) is 3.00. The van der Waals surface area contributed by atoms with Crippen LogP contribution in [0.2, 0.25) is 0 Å². The maximum Gasteiger partial charge on any atom is 0.271 e. The summed E-state index contributed by atoms with van der Waals surface area (Å²) in [7, 11) is 0. The molecule has 5 nitrogen and oxygen atoms in total. The molecule has 1 aliphatic carbocycles. The van der Waals surface area contributed by atoms with Gasteiger partial charge in [-0.25, -0.2) is 0 Å². The minimum atomic E-state index is -0.308. The Morgan fingerprint density at radius 3 is 2.81 bits per heavy atom. The van der Waals surface area contributed by atoms with Gasteiger partial charge < -0.3 is 14.8 Å². The number of halogens is 1. The van der Waals surface area contributed by atoms with E-state index in [4.69, 9.17) is 0 Å². The normalized spacial score (nSPS) is 21.6. The summed E-state index contributed by atoms with van der Waals surface area (Å²) in [5.74, 6) is -0.0342. The van der Waals surface area contributed by atoms with Gasteiger partial charge in [0, 0.05) is 29.8 Å². The van der Waals surface area contributed by atoms with Gasteiger partial charge in [0.05, 0.1) is 0 Å². The summed E-state index contributed by atoms with van der Waals surface area (Å²) < 4.78 is 2.81. The molecule has 2 aliphatic rings. The van der Waals surface area contributed by atoms with Crippen molar-refractivity contribution in [1.82, 2.24) is 14.8 Å². The molecule has 0 spiro atoms. The van der Waals surface area contributed by atoms with Crippen molar-refractivity contribution in [3.8, 4) is 0 Å². The molecule has 0 radical (unpaired) electrons. The van der Waals surface area contributed by atoms with Gasteiger partial charge in [0.25, 0.3) is 5.91 Å². The number of aromatic nitrogens is 1. The van der Waals surface area contributed by atoms with Crippen LogP contribution in [0.15, 0.2) is 16.7 Å². The van der Waals surface area contributed by atoms with E-state index in [1.165, 1.54) is 0 Å². The highest BCUT2D eigenvalue weighted by atomic mass is 79.9. The van der Waals surface area contributed by atoms with E-state index in [0.717, 1.165) is 36.7 Å². The standard InChI is InChI=1S/C15H20BrN3O2/c1-2-18-9-10(16)8-13(18)15(21)19-7-3-4-12(19)14(20)17-11-5-6-11/h8-9,11-12H,2-7H2,1H3,(H,17,20). The SMILES string of the molecule is CCn1cc(Br)cc1C(=O)N1CCCC1C(=O)NC1CC1. The number of hydrogen-bond acceptors (Lipinski definition) is 2. The summed E-state index contributed by atoms with van der Waals surface area (Å²) in [6.45, 7) is 3.40. The molecule has 21 heavy (non-hydrogen) atoms. The highest BCUT2D eigenvalue weighted by molar-refractivity contribution is 9.10. The number of hydrogen-bond donors (Lipinski definition) is 1. The van der Waals surface area contributed by atoms with Gasteiger partial charge in [0.1, 0.15) is 11.7 Å². The lowest BCUT2D eigenvalue weighted by atomic mass is 10.2. The Hall–Kier alpha value is -1.30. The zero-order valence-electron chi connectivity index (χ0n) is 12.1. The largest absolute Gasteiger partial charge is 0.352 e.